The lowest BCUT2D eigenvalue weighted by atomic mass is 10.0. The molecule has 0 atom stereocenters. The summed E-state index contributed by atoms with van der Waals surface area (Å²) in [5, 5.41) is 1.19. The first-order valence-electron chi connectivity index (χ1n) is 4.68. The van der Waals surface area contributed by atoms with Crippen molar-refractivity contribution in [1.29, 1.82) is 0 Å². The van der Waals surface area contributed by atoms with Crippen molar-refractivity contribution in [2.24, 2.45) is 0 Å². The van der Waals surface area contributed by atoms with Crippen LogP contribution in [0.2, 0.25) is 10.0 Å². The molecule has 2 aromatic carbocycles. The molecule has 0 saturated carbocycles. The molecule has 0 spiro atoms. The molecule has 0 aromatic heterocycles. The molecule has 0 amide bonds. The van der Waals surface area contributed by atoms with Crippen molar-refractivity contribution in [3.05, 3.63) is 46.4 Å². The highest BCUT2D eigenvalue weighted by Crippen LogP contribution is 2.29. The van der Waals surface area contributed by atoms with Gasteiger partial charge in [-0.2, -0.15) is 0 Å². The van der Waals surface area contributed by atoms with Crippen molar-refractivity contribution in [2.75, 3.05) is 11.5 Å². The van der Waals surface area contributed by atoms with E-state index in [0.29, 0.717) is 21.4 Å². The molecule has 0 bridgehead atoms. The number of halogens is 2. The average Bonchev–Trinajstić information content (AvgIpc) is 2.20. The lowest BCUT2D eigenvalue weighted by Gasteiger charge is -2.06. The molecule has 16 heavy (non-hydrogen) atoms. The zero-order valence-corrected chi connectivity index (χ0v) is 9.89. The van der Waals surface area contributed by atoms with Gasteiger partial charge in [0.05, 0.1) is 11.4 Å². The Hall–Kier alpha value is -1.38. The van der Waals surface area contributed by atoms with E-state index in [9.17, 15) is 0 Å². The Balaban J connectivity index is 2.54. The number of hydrogen-bond donors (Lipinski definition) is 2. The first kappa shape index (κ1) is 11.1. The molecule has 0 fully saturated rings. The molecule has 0 radical (unpaired) electrons. The smallest absolute Gasteiger partial charge is 0.0554 e. The molecule has 4 heteroatoms. The van der Waals surface area contributed by atoms with Crippen LogP contribution in [0.15, 0.2) is 36.4 Å². The van der Waals surface area contributed by atoms with E-state index in [1.54, 1.807) is 18.2 Å². The van der Waals surface area contributed by atoms with Crippen LogP contribution in [-0.2, 0) is 0 Å². The van der Waals surface area contributed by atoms with Gasteiger partial charge in [-0.1, -0.05) is 29.3 Å². The van der Waals surface area contributed by atoms with E-state index >= 15 is 0 Å². The fraction of sp³-hybridized carbons (Fsp3) is 0. The van der Waals surface area contributed by atoms with Crippen LogP contribution in [0.1, 0.15) is 0 Å². The van der Waals surface area contributed by atoms with Gasteiger partial charge in [-0.3, -0.25) is 0 Å². The highest BCUT2D eigenvalue weighted by molar-refractivity contribution is 6.35. The monoisotopic (exact) mass is 252 g/mol. The molecule has 0 aliphatic carbocycles. The number of hydrogen-bond acceptors (Lipinski definition) is 2. The Labute approximate surface area is 104 Å². The van der Waals surface area contributed by atoms with E-state index < -0.39 is 0 Å². The Morgan fingerprint density at radius 2 is 1.31 bits per heavy atom. The molecule has 82 valence electrons. The maximum absolute atomic E-state index is 5.93. The fourth-order valence-electron chi connectivity index (χ4n) is 1.47. The molecule has 0 heterocycles. The summed E-state index contributed by atoms with van der Waals surface area (Å²) < 4.78 is 0. The van der Waals surface area contributed by atoms with Crippen LogP contribution >= 0.6 is 23.2 Å². The van der Waals surface area contributed by atoms with E-state index in [0.717, 1.165) is 11.1 Å². The zero-order chi connectivity index (χ0) is 11.7. The predicted molar refractivity (Wildman–Crippen MR) is 70.7 cm³/mol. The highest BCUT2D eigenvalue weighted by Gasteiger charge is 2.03. The summed E-state index contributed by atoms with van der Waals surface area (Å²) in [5.41, 5.74) is 14.4. The third-order valence-corrected chi connectivity index (χ3v) is 2.72. The van der Waals surface area contributed by atoms with Gasteiger partial charge in [0.15, 0.2) is 0 Å². The van der Waals surface area contributed by atoms with Crippen molar-refractivity contribution in [3.8, 4) is 11.1 Å². The molecule has 0 unspecified atom stereocenters. The summed E-state index contributed by atoms with van der Waals surface area (Å²) in [5.74, 6) is 0. The summed E-state index contributed by atoms with van der Waals surface area (Å²) in [4.78, 5) is 0. The molecule has 2 rings (SSSR count). The summed E-state index contributed by atoms with van der Waals surface area (Å²) in [6.45, 7) is 0. The van der Waals surface area contributed by atoms with Crippen LogP contribution in [0.3, 0.4) is 0 Å². The van der Waals surface area contributed by atoms with Gasteiger partial charge < -0.3 is 11.5 Å². The third-order valence-electron chi connectivity index (χ3n) is 2.28. The van der Waals surface area contributed by atoms with E-state index in [4.69, 9.17) is 34.7 Å². The second kappa shape index (κ2) is 4.24. The minimum atomic E-state index is 0.550. The van der Waals surface area contributed by atoms with Crippen LogP contribution in [0, 0.1) is 0 Å². The van der Waals surface area contributed by atoms with Gasteiger partial charge in [0, 0.05) is 10.0 Å². The zero-order valence-electron chi connectivity index (χ0n) is 8.37. The first-order valence-corrected chi connectivity index (χ1v) is 5.43. The van der Waals surface area contributed by atoms with Crippen molar-refractivity contribution in [2.45, 2.75) is 0 Å². The van der Waals surface area contributed by atoms with Crippen LogP contribution in [0.25, 0.3) is 11.1 Å². The van der Waals surface area contributed by atoms with E-state index in [1.807, 2.05) is 18.2 Å². The molecule has 4 N–H and O–H groups in total. The summed E-state index contributed by atoms with van der Waals surface area (Å²) in [6.07, 6.45) is 0. The van der Waals surface area contributed by atoms with Gasteiger partial charge in [0.2, 0.25) is 0 Å². The van der Waals surface area contributed by atoms with Crippen LogP contribution in [0.5, 0.6) is 0 Å². The normalized spacial score (nSPS) is 10.4. The van der Waals surface area contributed by atoms with Gasteiger partial charge in [0.25, 0.3) is 0 Å². The summed E-state index contributed by atoms with van der Waals surface area (Å²) >= 11 is 11.9. The number of anilines is 2. The molecular formula is C12H10Cl2N2. The predicted octanol–water partition coefficient (Wildman–Crippen LogP) is 3.82. The van der Waals surface area contributed by atoms with Gasteiger partial charge >= 0.3 is 0 Å². The number of nitrogens with two attached hydrogens (primary N) is 2. The number of benzene rings is 2. The van der Waals surface area contributed by atoms with Crippen molar-refractivity contribution in [3.63, 3.8) is 0 Å². The molecular weight excluding hydrogens is 243 g/mol. The standard InChI is InChI=1S/C12H10Cl2N2/c13-9-3-8(4-10(14)6-9)7-1-2-11(15)12(16)5-7/h1-6H,15-16H2. The highest BCUT2D eigenvalue weighted by atomic mass is 35.5. The lowest BCUT2D eigenvalue weighted by molar-refractivity contribution is 1.60. The van der Waals surface area contributed by atoms with E-state index in [2.05, 4.69) is 0 Å². The van der Waals surface area contributed by atoms with Gasteiger partial charge in [-0.15, -0.1) is 0 Å². The van der Waals surface area contributed by atoms with Gasteiger partial charge in [0.1, 0.15) is 0 Å². The SMILES string of the molecule is Nc1ccc(-c2cc(Cl)cc(Cl)c2)cc1N. The Bertz CT molecular complexity index is 518. The Morgan fingerprint density at radius 1 is 0.688 bits per heavy atom. The van der Waals surface area contributed by atoms with Crippen molar-refractivity contribution >= 4 is 34.6 Å². The molecule has 2 aromatic rings. The van der Waals surface area contributed by atoms with E-state index in [1.165, 1.54) is 0 Å². The Kier molecular flexibility index (Phi) is 2.95. The fourth-order valence-corrected chi connectivity index (χ4v) is 2.00. The molecule has 2 nitrogen and oxygen atoms in total. The van der Waals surface area contributed by atoms with Gasteiger partial charge in [-0.25, -0.2) is 0 Å². The number of nitrogen functional groups attached to an aromatic ring is 2. The molecule has 0 aliphatic heterocycles. The minimum Gasteiger partial charge on any atom is -0.397 e. The van der Waals surface area contributed by atoms with Crippen LogP contribution in [-0.4, -0.2) is 0 Å². The quantitative estimate of drug-likeness (QED) is 0.759. The molecule has 0 aliphatic rings. The Morgan fingerprint density at radius 3 is 1.88 bits per heavy atom. The third kappa shape index (κ3) is 2.23. The maximum Gasteiger partial charge on any atom is 0.0554 e. The minimum absolute atomic E-state index is 0.550. The topological polar surface area (TPSA) is 52.0 Å². The maximum atomic E-state index is 5.93. The molecule has 0 saturated heterocycles. The largest absolute Gasteiger partial charge is 0.397 e. The summed E-state index contributed by atoms with van der Waals surface area (Å²) in [7, 11) is 0. The van der Waals surface area contributed by atoms with Crippen molar-refractivity contribution < 1.29 is 0 Å². The average molecular weight is 253 g/mol. The number of rotatable bonds is 1. The van der Waals surface area contributed by atoms with E-state index in [-0.39, 0.29) is 0 Å². The van der Waals surface area contributed by atoms with Crippen LogP contribution in [0.4, 0.5) is 11.4 Å². The second-order valence-electron chi connectivity index (χ2n) is 3.50. The van der Waals surface area contributed by atoms with Crippen molar-refractivity contribution in [1.82, 2.24) is 0 Å². The second-order valence-corrected chi connectivity index (χ2v) is 4.37. The first-order chi connectivity index (χ1) is 7.56. The lowest BCUT2D eigenvalue weighted by Crippen LogP contribution is -1.94. The van der Waals surface area contributed by atoms with Gasteiger partial charge in [-0.05, 0) is 41.5 Å². The van der Waals surface area contributed by atoms with Crippen LogP contribution < -0.4 is 11.5 Å². The summed E-state index contributed by atoms with van der Waals surface area (Å²) in [6, 6.07) is 10.8.